The summed E-state index contributed by atoms with van der Waals surface area (Å²) in [6.45, 7) is 3.69. The van der Waals surface area contributed by atoms with Crippen LogP contribution >= 0.6 is 12.4 Å². The molecule has 1 aromatic rings. The van der Waals surface area contributed by atoms with Crippen LogP contribution in [0.1, 0.15) is 23.0 Å². The average molecular weight is 340 g/mol. The summed E-state index contributed by atoms with van der Waals surface area (Å²) in [6, 6.07) is 1.11. The molecule has 0 aliphatic carbocycles. The zero-order valence-corrected chi connectivity index (χ0v) is 14.4. The first-order valence-corrected chi connectivity index (χ1v) is 7.57. The average Bonchev–Trinajstić information content (AvgIpc) is 2.78. The van der Waals surface area contributed by atoms with Crippen LogP contribution in [-0.4, -0.2) is 57.3 Å². The number of furan rings is 1. The monoisotopic (exact) mass is 339 g/mol. The van der Waals surface area contributed by atoms with E-state index in [1.165, 1.54) is 25.1 Å². The van der Waals surface area contributed by atoms with Gasteiger partial charge in [-0.15, -0.1) is 12.4 Å². The zero-order valence-electron chi connectivity index (χ0n) is 12.8. The Kier molecular flexibility index (Phi) is 6.88. The molecule has 9 heteroatoms. The number of halogens is 1. The van der Waals surface area contributed by atoms with E-state index >= 15 is 0 Å². The molecule has 0 saturated carbocycles. The van der Waals surface area contributed by atoms with Gasteiger partial charge < -0.3 is 15.1 Å². The number of nitrogens with two attached hydrogens (primary N) is 1. The summed E-state index contributed by atoms with van der Waals surface area (Å²) in [7, 11) is 0.725. The number of carbonyl (C=O) groups excluding carboxylic acids is 1. The molecule has 0 bridgehead atoms. The van der Waals surface area contributed by atoms with Crippen molar-refractivity contribution in [3.8, 4) is 0 Å². The van der Waals surface area contributed by atoms with Crippen molar-refractivity contribution in [2.75, 3.05) is 27.7 Å². The van der Waals surface area contributed by atoms with Crippen molar-refractivity contribution in [1.29, 1.82) is 0 Å². The lowest BCUT2D eigenvalue weighted by molar-refractivity contribution is 0.0746. The van der Waals surface area contributed by atoms with Gasteiger partial charge >= 0.3 is 0 Å². The van der Waals surface area contributed by atoms with E-state index < -0.39 is 10.0 Å². The molecular weight excluding hydrogens is 318 g/mol. The molecule has 1 heterocycles. The van der Waals surface area contributed by atoms with Gasteiger partial charge in [0.2, 0.25) is 5.09 Å². The summed E-state index contributed by atoms with van der Waals surface area (Å²) in [5, 5.41) is -0.239. The summed E-state index contributed by atoms with van der Waals surface area (Å²) in [4.78, 5) is 13.7. The maximum atomic E-state index is 12.3. The lowest BCUT2D eigenvalue weighted by atomic mass is 10.2. The van der Waals surface area contributed by atoms with Crippen LogP contribution < -0.4 is 5.73 Å². The zero-order chi connectivity index (χ0) is 15.7. The lowest BCUT2D eigenvalue weighted by Crippen LogP contribution is -2.39. The van der Waals surface area contributed by atoms with E-state index in [1.807, 2.05) is 6.92 Å². The summed E-state index contributed by atoms with van der Waals surface area (Å²) < 4.78 is 30.2. The molecular formula is C12H22ClN3O4S. The number of sulfonamides is 1. The Labute approximate surface area is 131 Å². The van der Waals surface area contributed by atoms with Crippen LogP contribution in [0.15, 0.2) is 15.6 Å². The second-order valence-corrected chi connectivity index (χ2v) is 6.91. The molecule has 0 aromatic carbocycles. The van der Waals surface area contributed by atoms with E-state index in [2.05, 4.69) is 0 Å². The molecule has 122 valence electrons. The van der Waals surface area contributed by atoms with Crippen LogP contribution in [0.25, 0.3) is 0 Å². The first kappa shape index (κ1) is 19.9. The predicted octanol–water partition coefficient (Wildman–Crippen LogP) is 0.679. The van der Waals surface area contributed by atoms with Crippen molar-refractivity contribution < 1.29 is 17.6 Å². The molecule has 0 aliphatic heterocycles. The number of hydrogen-bond acceptors (Lipinski definition) is 5. The Hall–Kier alpha value is -1.09. The van der Waals surface area contributed by atoms with Crippen LogP contribution in [0.2, 0.25) is 0 Å². The fraction of sp³-hybridized carbons (Fsp3) is 0.583. The Bertz CT molecular complexity index is 598. The van der Waals surface area contributed by atoms with E-state index in [-0.39, 0.29) is 40.8 Å². The summed E-state index contributed by atoms with van der Waals surface area (Å²) in [5.41, 5.74) is 5.75. The molecule has 1 atom stereocenters. The van der Waals surface area contributed by atoms with Crippen LogP contribution in [0.5, 0.6) is 0 Å². The van der Waals surface area contributed by atoms with Crippen LogP contribution in [-0.2, 0) is 10.0 Å². The van der Waals surface area contributed by atoms with E-state index in [0.29, 0.717) is 6.54 Å². The fourth-order valence-corrected chi connectivity index (χ4v) is 2.38. The number of likely N-dealkylation sites (N-methyl/N-ethyl adjacent to an activating group) is 1. The smallest absolute Gasteiger partial charge is 0.275 e. The molecule has 2 N–H and O–H groups in total. The van der Waals surface area contributed by atoms with Crippen LogP contribution in [0.3, 0.4) is 0 Å². The maximum absolute atomic E-state index is 12.3. The van der Waals surface area contributed by atoms with E-state index in [4.69, 9.17) is 10.2 Å². The number of carbonyl (C=O) groups is 1. The standard InChI is InChI=1S/C12H21N3O4S.ClH/c1-8(7-13)15(5)12(16)10-6-11(19-9(10)2)20(17,18)14(3)4;/h6,8H,7,13H2,1-5H3;1H. The lowest BCUT2D eigenvalue weighted by Gasteiger charge is -2.23. The number of rotatable bonds is 5. The second-order valence-electron chi connectivity index (χ2n) is 4.82. The Morgan fingerprint density at radius 3 is 2.33 bits per heavy atom. The molecule has 1 aromatic heterocycles. The quantitative estimate of drug-likeness (QED) is 0.850. The first-order chi connectivity index (χ1) is 9.12. The molecule has 0 radical (unpaired) electrons. The number of nitrogens with zero attached hydrogens (tertiary/aromatic N) is 2. The molecule has 0 fully saturated rings. The highest BCUT2D eigenvalue weighted by Crippen LogP contribution is 2.22. The number of hydrogen-bond donors (Lipinski definition) is 1. The van der Waals surface area contributed by atoms with E-state index in [0.717, 1.165) is 4.31 Å². The van der Waals surface area contributed by atoms with Gasteiger partial charge in [0, 0.05) is 39.8 Å². The minimum Gasteiger partial charge on any atom is -0.448 e. The first-order valence-electron chi connectivity index (χ1n) is 6.13. The Balaban J connectivity index is 0.00000400. The summed E-state index contributed by atoms with van der Waals surface area (Å²) in [5.74, 6) is -0.0455. The molecule has 1 unspecified atom stereocenters. The van der Waals surface area contributed by atoms with E-state index in [9.17, 15) is 13.2 Å². The molecule has 21 heavy (non-hydrogen) atoms. The van der Waals surface area contributed by atoms with Crippen molar-refractivity contribution in [3.05, 3.63) is 17.4 Å². The van der Waals surface area contributed by atoms with Crippen LogP contribution in [0, 0.1) is 6.92 Å². The van der Waals surface area contributed by atoms with Gasteiger partial charge in [-0.3, -0.25) is 4.79 Å². The summed E-state index contributed by atoms with van der Waals surface area (Å²) >= 11 is 0. The van der Waals surface area contributed by atoms with Crippen LogP contribution in [0.4, 0.5) is 0 Å². The molecule has 1 rings (SSSR count). The minimum atomic E-state index is -3.69. The van der Waals surface area contributed by atoms with Crippen molar-refractivity contribution >= 4 is 28.3 Å². The largest absolute Gasteiger partial charge is 0.448 e. The highest BCUT2D eigenvalue weighted by molar-refractivity contribution is 7.88. The third-order valence-electron chi connectivity index (χ3n) is 3.18. The van der Waals surface area contributed by atoms with Crippen molar-refractivity contribution in [2.24, 2.45) is 5.73 Å². The van der Waals surface area contributed by atoms with Gasteiger partial charge in [-0.25, -0.2) is 12.7 Å². The topological polar surface area (TPSA) is 96.8 Å². The van der Waals surface area contributed by atoms with Gasteiger partial charge in [-0.05, 0) is 13.8 Å². The minimum absolute atomic E-state index is 0. The Morgan fingerprint density at radius 2 is 1.90 bits per heavy atom. The number of aryl methyl sites for hydroxylation is 1. The normalized spacial score (nSPS) is 12.9. The highest BCUT2D eigenvalue weighted by Gasteiger charge is 2.27. The number of amides is 1. The molecule has 7 nitrogen and oxygen atoms in total. The maximum Gasteiger partial charge on any atom is 0.275 e. The fourth-order valence-electron chi connectivity index (χ4n) is 1.52. The van der Waals surface area contributed by atoms with Crippen molar-refractivity contribution in [3.63, 3.8) is 0 Å². The highest BCUT2D eigenvalue weighted by atomic mass is 35.5. The third-order valence-corrected chi connectivity index (χ3v) is 4.85. The molecule has 0 aliphatic rings. The molecule has 0 saturated heterocycles. The van der Waals surface area contributed by atoms with E-state index in [1.54, 1.807) is 14.0 Å². The molecule has 0 spiro atoms. The summed E-state index contributed by atoms with van der Waals surface area (Å²) in [6.07, 6.45) is 0. The van der Waals surface area contributed by atoms with Gasteiger partial charge in [0.05, 0.1) is 5.56 Å². The van der Waals surface area contributed by atoms with Gasteiger partial charge in [0.25, 0.3) is 15.9 Å². The van der Waals surface area contributed by atoms with Gasteiger partial charge in [-0.2, -0.15) is 0 Å². The molecule has 1 amide bonds. The van der Waals surface area contributed by atoms with Crippen molar-refractivity contribution in [1.82, 2.24) is 9.21 Å². The third kappa shape index (κ3) is 3.97. The van der Waals surface area contributed by atoms with Crippen molar-refractivity contribution in [2.45, 2.75) is 25.0 Å². The SMILES string of the molecule is Cc1oc(S(=O)(=O)N(C)C)cc1C(=O)N(C)C(C)CN.Cl. The Morgan fingerprint density at radius 1 is 1.38 bits per heavy atom. The van der Waals surface area contributed by atoms with Gasteiger partial charge in [0.1, 0.15) is 5.76 Å². The van der Waals surface area contributed by atoms with Gasteiger partial charge in [0.15, 0.2) is 0 Å². The van der Waals surface area contributed by atoms with Gasteiger partial charge in [-0.1, -0.05) is 0 Å². The predicted molar refractivity (Wildman–Crippen MR) is 82.2 cm³/mol. The second kappa shape index (κ2) is 7.26.